The van der Waals surface area contributed by atoms with Crippen LogP contribution < -0.4 is 10.5 Å². The highest BCUT2D eigenvalue weighted by molar-refractivity contribution is 6.32. The minimum absolute atomic E-state index is 0.00293. The van der Waals surface area contributed by atoms with E-state index >= 15 is 0 Å². The van der Waals surface area contributed by atoms with Crippen LogP contribution in [0.3, 0.4) is 0 Å². The second-order valence-corrected chi connectivity index (χ2v) is 9.96. The number of aromatic nitrogens is 4. The molecule has 1 saturated heterocycles. The zero-order valence-electron chi connectivity index (χ0n) is 21.4. The van der Waals surface area contributed by atoms with E-state index < -0.39 is 0 Å². The summed E-state index contributed by atoms with van der Waals surface area (Å²) >= 11 is 6.62. The number of ether oxygens (including phenoxy) is 1. The SMILES string of the molecule is CN(C)C/C=C/C(=O)N1CCCC(n2nc(-c3ccc(Oc4ccccc4)c(Cl)c3)c3c(N)ncnc32)C1. The van der Waals surface area contributed by atoms with Gasteiger partial charge in [0.05, 0.1) is 16.5 Å². The van der Waals surface area contributed by atoms with Crippen molar-refractivity contribution >= 4 is 34.4 Å². The van der Waals surface area contributed by atoms with Crippen LogP contribution in [0, 0.1) is 0 Å². The lowest BCUT2D eigenvalue weighted by Gasteiger charge is -2.32. The van der Waals surface area contributed by atoms with Crippen LogP contribution in [0.5, 0.6) is 11.5 Å². The van der Waals surface area contributed by atoms with Gasteiger partial charge in [-0.2, -0.15) is 5.10 Å². The van der Waals surface area contributed by atoms with Crippen LogP contribution in [0.2, 0.25) is 5.02 Å². The van der Waals surface area contributed by atoms with E-state index in [1.165, 1.54) is 6.33 Å². The molecular weight excluding hydrogens is 502 g/mol. The number of rotatable bonds is 7. The average molecular weight is 532 g/mol. The van der Waals surface area contributed by atoms with E-state index in [1.54, 1.807) is 6.08 Å². The Morgan fingerprint density at radius 2 is 2.03 bits per heavy atom. The van der Waals surface area contributed by atoms with Gasteiger partial charge in [-0.1, -0.05) is 35.9 Å². The molecule has 1 fully saturated rings. The second-order valence-electron chi connectivity index (χ2n) is 9.56. The number of likely N-dealkylation sites (N-methyl/N-ethyl adjacent to an activating group) is 1. The standard InChI is InChI=1S/C28H30ClN7O2/c1-34(2)14-7-11-24(37)35-15-6-8-20(17-35)36-28-25(27(30)31-18-32-28)26(33-36)19-12-13-23(22(29)16-19)38-21-9-4-3-5-10-21/h3-5,7,9-13,16,18,20H,6,8,14-15,17H2,1-2H3,(H2,30,31,32)/b11-7+. The van der Waals surface area contributed by atoms with Gasteiger partial charge in [0.25, 0.3) is 0 Å². The zero-order chi connectivity index (χ0) is 26.6. The second kappa shape index (κ2) is 11.2. The molecule has 2 N–H and O–H groups in total. The summed E-state index contributed by atoms with van der Waals surface area (Å²) in [5.74, 6) is 1.58. The molecule has 0 radical (unpaired) electrons. The molecule has 3 heterocycles. The summed E-state index contributed by atoms with van der Waals surface area (Å²) in [6, 6.07) is 14.9. The predicted octanol–water partition coefficient (Wildman–Crippen LogP) is 4.80. The number of piperidine rings is 1. The van der Waals surface area contributed by atoms with Crippen molar-refractivity contribution in [3.05, 3.63) is 72.0 Å². The van der Waals surface area contributed by atoms with E-state index in [4.69, 9.17) is 27.2 Å². The van der Waals surface area contributed by atoms with E-state index in [-0.39, 0.29) is 11.9 Å². The van der Waals surface area contributed by atoms with Crippen LogP contribution in [0.1, 0.15) is 18.9 Å². The van der Waals surface area contributed by atoms with Crippen LogP contribution in [0.4, 0.5) is 5.82 Å². The monoisotopic (exact) mass is 531 g/mol. The first-order valence-corrected chi connectivity index (χ1v) is 12.9. The minimum Gasteiger partial charge on any atom is -0.456 e. The maximum atomic E-state index is 12.8. The number of carbonyl (C=O) groups excluding carboxylic acids is 1. The van der Waals surface area contributed by atoms with Crippen LogP contribution in [-0.2, 0) is 4.79 Å². The fraction of sp³-hybridized carbons (Fsp3) is 0.286. The molecule has 1 aliphatic rings. The Kier molecular flexibility index (Phi) is 7.57. The fourth-order valence-electron chi connectivity index (χ4n) is 4.62. The van der Waals surface area contributed by atoms with Gasteiger partial charge in [0.1, 0.15) is 29.3 Å². The van der Waals surface area contributed by atoms with Gasteiger partial charge in [0.15, 0.2) is 5.65 Å². The molecule has 1 amide bonds. The Morgan fingerprint density at radius 1 is 1.21 bits per heavy atom. The highest BCUT2D eigenvalue weighted by Gasteiger charge is 2.28. The van der Waals surface area contributed by atoms with E-state index in [9.17, 15) is 4.79 Å². The normalized spacial score (nSPS) is 16.0. The highest BCUT2D eigenvalue weighted by Crippen LogP contribution is 2.37. The number of carbonyl (C=O) groups is 1. The molecule has 4 aromatic rings. The maximum Gasteiger partial charge on any atom is 0.246 e. The molecule has 5 rings (SSSR count). The van der Waals surface area contributed by atoms with E-state index in [0.717, 1.165) is 18.4 Å². The molecule has 0 aliphatic carbocycles. The summed E-state index contributed by atoms with van der Waals surface area (Å²) in [5, 5.41) is 6.06. The molecule has 10 heteroatoms. The molecule has 0 spiro atoms. The summed E-state index contributed by atoms with van der Waals surface area (Å²) in [6.45, 7) is 1.96. The largest absolute Gasteiger partial charge is 0.456 e. The molecule has 2 aromatic carbocycles. The molecule has 0 saturated carbocycles. The lowest BCUT2D eigenvalue weighted by Crippen LogP contribution is -2.40. The third-order valence-corrected chi connectivity index (χ3v) is 6.77. The third-order valence-electron chi connectivity index (χ3n) is 6.48. The molecule has 1 aliphatic heterocycles. The number of benzene rings is 2. The zero-order valence-corrected chi connectivity index (χ0v) is 22.2. The number of nitrogen functional groups attached to an aromatic ring is 1. The van der Waals surface area contributed by atoms with Gasteiger partial charge < -0.3 is 20.3 Å². The van der Waals surface area contributed by atoms with Crippen molar-refractivity contribution < 1.29 is 9.53 Å². The number of amides is 1. The highest BCUT2D eigenvalue weighted by atomic mass is 35.5. The number of likely N-dealkylation sites (tertiary alicyclic amines) is 1. The van der Waals surface area contributed by atoms with Gasteiger partial charge in [-0.15, -0.1) is 0 Å². The van der Waals surface area contributed by atoms with Gasteiger partial charge >= 0.3 is 0 Å². The number of anilines is 1. The Hall–Kier alpha value is -3.95. The van der Waals surface area contributed by atoms with Crippen LogP contribution >= 0.6 is 11.6 Å². The van der Waals surface area contributed by atoms with Gasteiger partial charge in [0, 0.05) is 31.3 Å². The van der Waals surface area contributed by atoms with Crippen molar-refractivity contribution in [2.45, 2.75) is 18.9 Å². The number of hydrogen-bond donors (Lipinski definition) is 1. The van der Waals surface area contributed by atoms with Crippen molar-refractivity contribution in [1.82, 2.24) is 29.5 Å². The third kappa shape index (κ3) is 5.49. The number of para-hydroxylation sites is 1. The topological polar surface area (TPSA) is 102 Å². The van der Waals surface area contributed by atoms with E-state index in [1.807, 2.05) is 83.2 Å². The number of halogens is 1. The first kappa shape index (κ1) is 25.7. The molecular formula is C28H30ClN7O2. The molecule has 38 heavy (non-hydrogen) atoms. The summed E-state index contributed by atoms with van der Waals surface area (Å²) in [5.41, 5.74) is 8.37. The van der Waals surface area contributed by atoms with Crippen molar-refractivity contribution in [1.29, 1.82) is 0 Å². The lowest BCUT2D eigenvalue weighted by atomic mass is 10.1. The molecule has 9 nitrogen and oxygen atoms in total. The van der Waals surface area contributed by atoms with Gasteiger partial charge in [-0.25, -0.2) is 14.6 Å². The van der Waals surface area contributed by atoms with Crippen LogP contribution in [0.15, 0.2) is 67.0 Å². The van der Waals surface area contributed by atoms with E-state index in [0.29, 0.717) is 58.7 Å². The minimum atomic E-state index is -0.0448. The number of nitrogens with two attached hydrogens (primary N) is 1. The quantitative estimate of drug-likeness (QED) is 0.342. The van der Waals surface area contributed by atoms with Crippen molar-refractivity contribution in [3.63, 3.8) is 0 Å². The molecule has 2 aromatic heterocycles. The summed E-state index contributed by atoms with van der Waals surface area (Å²) < 4.78 is 7.82. The fourth-order valence-corrected chi connectivity index (χ4v) is 4.84. The van der Waals surface area contributed by atoms with Gasteiger partial charge in [0.2, 0.25) is 5.91 Å². The Bertz CT molecular complexity index is 1470. The molecule has 1 atom stereocenters. The smallest absolute Gasteiger partial charge is 0.246 e. The van der Waals surface area contributed by atoms with Crippen molar-refractivity contribution in [2.75, 3.05) is 39.5 Å². The maximum absolute atomic E-state index is 12.8. The van der Waals surface area contributed by atoms with Crippen LogP contribution in [-0.4, -0.2) is 69.2 Å². The van der Waals surface area contributed by atoms with Crippen molar-refractivity contribution in [2.24, 2.45) is 0 Å². The summed E-state index contributed by atoms with van der Waals surface area (Å²) in [6.07, 6.45) is 6.72. The van der Waals surface area contributed by atoms with Crippen LogP contribution in [0.25, 0.3) is 22.3 Å². The van der Waals surface area contributed by atoms with Crippen molar-refractivity contribution in [3.8, 4) is 22.8 Å². The van der Waals surface area contributed by atoms with Gasteiger partial charge in [-0.3, -0.25) is 4.79 Å². The Labute approximate surface area is 226 Å². The summed E-state index contributed by atoms with van der Waals surface area (Å²) in [4.78, 5) is 25.4. The number of nitrogens with zero attached hydrogens (tertiary/aromatic N) is 6. The molecule has 1 unspecified atom stereocenters. The molecule has 196 valence electrons. The first-order chi connectivity index (χ1) is 18.4. The Morgan fingerprint density at radius 3 is 2.79 bits per heavy atom. The Balaban J connectivity index is 1.45. The summed E-state index contributed by atoms with van der Waals surface area (Å²) in [7, 11) is 3.94. The first-order valence-electron chi connectivity index (χ1n) is 12.5. The van der Waals surface area contributed by atoms with Gasteiger partial charge in [-0.05, 0) is 57.3 Å². The predicted molar refractivity (Wildman–Crippen MR) is 149 cm³/mol. The number of hydrogen-bond acceptors (Lipinski definition) is 7. The van der Waals surface area contributed by atoms with E-state index in [2.05, 4.69) is 9.97 Å². The molecule has 0 bridgehead atoms. The average Bonchev–Trinajstić information content (AvgIpc) is 3.31. The number of fused-ring (bicyclic) bond motifs is 1. The lowest BCUT2D eigenvalue weighted by molar-refractivity contribution is -0.127.